The Kier molecular flexibility index (Phi) is 4.79. The third-order valence-electron chi connectivity index (χ3n) is 2.14. The van der Waals surface area contributed by atoms with E-state index >= 15 is 0 Å². The van der Waals surface area contributed by atoms with Crippen molar-refractivity contribution in [1.82, 2.24) is 5.48 Å². The van der Waals surface area contributed by atoms with Crippen LogP contribution in [0.1, 0.15) is 12.5 Å². The Labute approximate surface area is 93.0 Å². The fourth-order valence-electron chi connectivity index (χ4n) is 1.24. The van der Waals surface area contributed by atoms with Crippen LogP contribution in [0.4, 0.5) is 8.78 Å². The summed E-state index contributed by atoms with van der Waals surface area (Å²) in [5, 5.41) is 8.43. The van der Waals surface area contributed by atoms with Gasteiger partial charge in [0.05, 0.1) is 13.2 Å². The van der Waals surface area contributed by atoms with Crippen LogP contribution in [-0.4, -0.2) is 23.8 Å². The van der Waals surface area contributed by atoms with Crippen LogP contribution in [-0.2, 0) is 11.3 Å². The fourth-order valence-corrected chi connectivity index (χ4v) is 1.24. The van der Waals surface area contributed by atoms with Gasteiger partial charge in [0.1, 0.15) is 6.10 Å². The monoisotopic (exact) mass is 231 g/mol. The highest BCUT2D eigenvalue weighted by Crippen LogP contribution is 2.21. The smallest absolute Gasteiger partial charge is 0.272 e. The summed E-state index contributed by atoms with van der Waals surface area (Å²) in [7, 11) is 0. The van der Waals surface area contributed by atoms with Crippen molar-refractivity contribution >= 4 is 0 Å². The third kappa shape index (κ3) is 4.22. The number of hydroxylamine groups is 1. The van der Waals surface area contributed by atoms with Crippen LogP contribution in [0.5, 0.6) is 0 Å². The predicted molar refractivity (Wildman–Crippen MR) is 55.4 cm³/mol. The van der Waals surface area contributed by atoms with Crippen molar-refractivity contribution in [2.24, 2.45) is 0 Å². The van der Waals surface area contributed by atoms with Gasteiger partial charge >= 0.3 is 0 Å². The molecule has 0 saturated heterocycles. The normalized spacial score (nSPS) is 13.8. The van der Waals surface area contributed by atoms with Crippen LogP contribution < -0.4 is 5.48 Å². The van der Waals surface area contributed by atoms with E-state index in [0.29, 0.717) is 0 Å². The number of hydrogen-bond acceptors (Lipinski definition) is 3. The summed E-state index contributed by atoms with van der Waals surface area (Å²) >= 11 is 0. The lowest BCUT2D eigenvalue weighted by Gasteiger charge is -2.23. The zero-order valence-corrected chi connectivity index (χ0v) is 8.99. The number of ether oxygens (including phenoxy) is 1. The highest BCUT2D eigenvalue weighted by atomic mass is 19.3. The molecule has 0 radical (unpaired) electrons. The molecule has 0 heterocycles. The maximum atomic E-state index is 13.0. The summed E-state index contributed by atoms with van der Waals surface area (Å²) in [6, 6.07) is 9.03. The lowest BCUT2D eigenvalue weighted by Crippen LogP contribution is -2.40. The first-order valence-corrected chi connectivity index (χ1v) is 4.94. The summed E-state index contributed by atoms with van der Waals surface area (Å²) in [5.74, 6) is -3.00. The average molecular weight is 231 g/mol. The molecular weight excluding hydrogens is 216 g/mol. The molecule has 16 heavy (non-hydrogen) atoms. The zero-order valence-electron chi connectivity index (χ0n) is 8.99. The molecule has 0 saturated carbocycles. The molecule has 0 aliphatic heterocycles. The first-order valence-electron chi connectivity index (χ1n) is 4.94. The Morgan fingerprint density at radius 3 is 2.50 bits per heavy atom. The molecule has 0 fully saturated rings. The van der Waals surface area contributed by atoms with E-state index in [4.69, 9.17) is 9.94 Å². The number of halogens is 2. The highest BCUT2D eigenvalue weighted by molar-refractivity contribution is 5.13. The molecule has 3 nitrogen and oxygen atoms in total. The van der Waals surface area contributed by atoms with Crippen molar-refractivity contribution in [1.29, 1.82) is 0 Å². The minimum Gasteiger partial charge on any atom is -0.366 e. The molecule has 1 atom stereocenters. The van der Waals surface area contributed by atoms with Gasteiger partial charge in [0.25, 0.3) is 5.92 Å². The standard InChI is InChI=1S/C11H15F2NO2/c1-11(12,13)10(7-14-15)16-8-9-5-3-2-4-6-9/h2-6,10,14-15H,7-8H2,1H3/t10-/m1/s1. The van der Waals surface area contributed by atoms with Crippen molar-refractivity contribution < 1.29 is 18.7 Å². The van der Waals surface area contributed by atoms with E-state index in [9.17, 15) is 8.78 Å². The summed E-state index contributed by atoms with van der Waals surface area (Å²) in [6.45, 7) is 0.549. The molecule has 1 rings (SSSR count). The predicted octanol–water partition coefficient (Wildman–Crippen LogP) is 2.21. The molecule has 0 aliphatic carbocycles. The Morgan fingerprint density at radius 2 is 2.00 bits per heavy atom. The first kappa shape index (κ1) is 13.0. The van der Waals surface area contributed by atoms with Crippen molar-refractivity contribution in [3.05, 3.63) is 35.9 Å². The third-order valence-corrected chi connectivity index (χ3v) is 2.14. The molecule has 0 unspecified atom stereocenters. The molecular formula is C11H15F2NO2. The van der Waals surface area contributed by atoms with Crippen molar-refractivity contribution in [3.63, 3.8) is 0 Å². The fraction of sp³-hybridized carbons (Fsp3) is 0.455. The second kappa shape index (κ2) is 5.89. The van der Waals surface area contributed by atoms with Gasteiger partial charge in [-0.15, -0.1) is 0 Å². The largest absolute Gasteiger partial charge is 0.366 e. The zero-order chi connectivity index (χ0) is 12.0. The van der Waals surface area contributed by atoms with Gasteiger partial charge in [-0.05, 0) is 5.56 Å². The van der Waals surface area contributed by atoms with Crippen LogP contribution in [0.25, 0.3) is 0 Å². The average Bonchev–Trinajstić information content (AvgIpc) is 2.24. The van der Waals surface area contributed by atoms with Gasteiger partial charge in [0.2, 0.25) is 0 Å². The number of nitrogens with one attached hydrogen (secondary N) is 1. The Balaban J connectivity index is 2.51. The maximum Gasteiger partial charge on any atom is 0.272 e. The minimum atomic E-state index is -3.00. The van der Waals surface area contributed by atoms with E-state index in [-0.39, 0.29) is 13.2 Å². The van der Waals surface area contributed by atoms with Gasteiger partial charge in [-0.2, -0.15) is 0 Å². The quantitative estimate of drug-likeness (QED) is 0.737. The van der Waals surface area contributed by atoms with Crippen LogP contribution >= 0.6 is 0 Å². The molecule has 0 aliphatic rings. The number of rotatable bonds is 6. The minimum absolute atomic E-state index is 0.0939. The molecule has 0 spiro atoms. The topological polar surface area (TPSA) is 41.5 Å². The van der Waals surface area contributed by atoms with Crippen LogP contribution in [0.3, 0.4) is 0 Å². The molecule has 0 aromatic heterocycles. The molecule has 1 aromatic rings. The maximum absolute atomic E-state index is 13.0. The van der Waals surface area contributed by atoms with Gasteiger partial charge in [-0.25, -0.2) is 14.3 Å². The van der Waals surface area contributed by atoms with Crippen LogP contribution in [0.2, 0.25) is 0 Å². The van der Waals surface area contributed by atoms with Gasteiger partial charge in [0.15, 0.2) is 0 Å². The van der Waals surface area contributed by atoms with Crippen LogP contribution in [0, 0.1) is 0 Å². The molecule has 5 heteroatoms. The summed E-state index contributed by atoms with van der Waals surface area (Å²) in [4.78, 5) is 0. The van der Waals surface area contributed by atoms with E-state index in [1.54, 1.807) is 17.6 Å². The highest BCUT2D eigenvalue weighted by Gasteiger charge is 2.34. The number of benzene rings is 1. The van der Waals surface area contributed by atoms with Gasteiger partial charge < -0.3 is 9.94 Å². The Bertz CT molecular complexity index is 301. The molecule has 2 N–H and O–H groups in total. The van der Waals surface area contributed by atoms with E-state index in [1.807, 2.05) is 18.2 Å². The second-order valence-corrected chi connectivity index (χ2v) is 3.60. The molecule has 0 bridgehead atoms. The lowest BCUT2D eigenvalue weighted by atomic mass is 10.2. The van der Waals surface area contributed by atoms with Gasteiger partial charge in [-0.3, -0.25) is 0 Å². The van der Waals surface area contributed by atoms with E-state index < -0.39 is 12.0 Å². The molecule has 90 valence electrons. The summed E-state index contributed by atoms with van der Waals surface area (Å²) in [5.41, 5.74) is 2.52. The lowest BCUT2D eigenvalue weighted by molar-refractivity contribution is -0.137. The van der Waals surface area contributed by atoms with E-state index in [2.05, 4.69) is 0 Å². The van der Waals surface area contributed by atoms with E-state index in [0.717, 1.165) is 12.5 Å². The second-order valence-electron chi connectivity index (χ2n) is 3.60. The molecule has 0 amide bonds. The first-order chi connectivity index (χ1) is 7.54. The van der Waals surface area contributed by atoms with Gasteiger partial charge in [0, 0.05) is 6.92 Å². The number of hydrogen-bond donors (Lipinski definition) is 2. The van der Waals surface area contributed by atoms with Gasteiger partial charge in [-0.1, -0.05) is 30.3 Å². The van der Waals surface area contributed by atoms with Crippen molar-refractivity contribution in [2.75, 3.05) is 6.54 Å². The summed E-state index contributed by atoms with van der Waals surface area (Å²) < 4.78 is 31.1. The number of alkyl halides is 2. The molecule has 1 aromatic carbocycles. The van der Waals surface area contributed by atoms with Crippen molar-refractivity contribution in [3.8, 4) is 0 Å². The van der Waals surface area contributed by atoms with E-state index in [1.165, 1.54) is 0 Å². The SMILES string of the molecule is CC(F)(F)[C@@H](CNO)OCc1ccccc1. The van der Waals surface area contributed by atoms with Crippen molar-refractivity contribution in [2.45, 2.75) is 25.6 Å². The van der Waals surface area contributed by atoms with Crippen LogP contribution in [0.15, 0.2) is 30.3 Å². The summed E-state index contributed by atoms with van der Waals surface area (Å²) in [6.07, 6.45) is -1.35. The Morgan fingerprint density at radius 1 is 1.38 bits per heavy atom. The Hall–Kier alpha value is -1.04.